The van der Waals surface area contributed by atoms with Crippen molar-refractivity contribution in [1.29, 1.82) is 0 Å². The molecule has 1 aliphatic rings. The van der Waals surface area contributed by atoms with Crippen LogP contribution in [0, 0.1) is 5.92 Å². The lowest BCUT2D eigenvalue weighted by molar-refractivity contribution is 0.786. The molecular formula is C14H22BN5Si. The molecule has 110 valence electrons. The Labute approximate surface area is 128 Å². The van der Waals surface area contributed by atoms with Gasteiger partial charge in [0.05, 0.1) is 13.8 Å². The van der Waals surface area contributed by atoms with Gasteiger partial charge in [0.15, 0.2) is 7.85 Å². The summed E-state index contributed by atoms with van der Waals surface area (Å²) in [6, 6.07) is 0. The smallest absolute Gasteiger partial charge is 0.170 e. The summed E-state index contributed by atoms with van der Waals surface area (Å²) in [5.74, 6) is 6.83. The van der Waals surface area contributed by atoms with E-state index in [2.05, 4.69) is 46.9 Å². The number of aromatic nitrogens is 2. The third kappa shape index (κ3) is 4.18. The van der Waals surface area contributed by atoms with Crippen LogP contribution in [-0.2, 0) is 0 Å². The van der Waals surface area contributed by atoms with E-state index < -0.39 is 8.07 Å². The molecule has 1 aliphatic carbocycles. The van der Waals surface area contributed by atoms with E-state index in [1.165, 1.54) is 12.8 Å². The largest absolute Gasteiger partial charge is 0.341 e. The summed E-state index contributed by atoms with van der Waals surface area (Å²) < 4.78 is 0. The molecule has 0 bridgehead atoms. The van der Waals surface area contributed by atoms with Crippen molar-refractivity contribution in [2.24, 2.45) is 11.8 Å². The van der Waals surface area contributed by atoms with Crippen molar-refractivity contribution in [2.75, 3.05) is 5.32 Å². The molecule has 0 aromatic carbocycles. The van der Waals surface area contributed by atoms with Gasteiger partial charge < -0.3 is 10.7 Å². The Morgan fingerprint density at radius 1 is 1.48 bits per heavy atom. The van der Waals surface area contributed by atoms with Gasteiger partial charge in [-0.15, -0.1) is 0 Å². The highest BCUT2D eigenvalue weighted by Crippen LogP contribution is 2.35. The number of hydrazine groups is 1. The van der Waals surface area contributed by atoms with Gasteiger partial charge in [-0.3, -0.25) is 10.8 Å². The minimum atomic E-state index is -1.57. The van der Waals surface area contributed by atoms with Gasteiger partial charge in [0, 0.05) is 23.5 Å². The standard InChI is InChI=1S/C14H22BN5Si/c1-9(7-11(20-16)10-5-6-10)18-13-12(21(2,3)4)8-17-14(15)19-13/h7-8,10,20H,1,5-6,16H2,2-4H3,(H,17,18,19)/b11-7-. The Hall–Kier alpha value is -1.60. The lowest BCUT2D eigenvalue weighted by Gasteiger charge is -2.21. The van der Waals surface area contributed by atoms with E-state index in [1.807, 2.05) is 12.3 Å². The zero-order valence-electron chi connectivity index (χ0n) is 12.9. The lowest BCUT2D eigenvalue weighted by atomic mass is 10.1. The predicted molar refractivity (Wildman–Crippen MR) is 91.3 cm³/mol. The van der Waals surface area contributed by atoms with E-state index in [0.717, 1.165) is 22.4 Å². The van der Waals surface area contributed by atoms with Crippen LogP contribution < -0.4 is 27.5 Å². The van der Waals surface area contributed by atoms with Crippen molar-refractivity contribution >= 4 is 32.6 Å². The fourth-order valence-corrected chi connectivity index (χ4v) is 3.37. The number of hydrogen-bond acceptors (Lipinski definition) is 5. The Kier molecular flexibility index (Phi) is 4.53. The summed E-state index contributed by atoms with van der Waals surface area (Å²) in [5.41, 5.74) is 4.76. The molecule has 0 aliphatic heterocycles. The van der Waals surface area contributed by atoms with E-state index in [4.69, 9.17) is 13.7 Å². The molecule has 0 amide bonds. The van der Waals surface area contributed by atoms with Gasteiger partial charge in [-0.2, -0.15) is 0 Å². The highest BCUT2D eigenvalue weighted by molar-refractivity contribution is 6.89. The first-order valence-electron chi connectivity index (χ1n) is 7.08. The molecule has 4 N–H and O–H groups in total. The Morgan fingerprint density at radius 3 is 2.67 bits per heavy atom. The van der Waals surface area contributed by atoms with E-state index >= 15 is 0 Å². The number of allylic oxidation sites excluding steroid dienone is 2. The fraction of sp³-hybridized carbons (Fsp3) is 0.429. The third-order valence-corrected chi connectivity index (χ3v) is 5.39. The van der Waals surface area contributed by atoms with Gasteiger partial charge in [-0.05, 0) is 24.1 Å². The highest BCUT2D eigenvalue weighted by atomic mass is 28.3. The molecule has 2 radical (unpaired) electrons. The Balaban J connectivity index is 2.22. The number of nitrogens with one attached hydrogen (secondary N) is 2. The Bertz CT molecular complexity index is 575. The fourth-order valence-electron chi connectivity index (χ4n) is 2.09. The second-order valence-corrected chi connectivity index (χ2v) is 11.4. The first-order valence-corrected chi connectivity index (χ1v) is 10.6. The maximum Gasteiger partial charge on any atom is 0.170 e. The van der Waals surface area contributed by atoms with Crippen LogP contribution in [0.1, 0.15) is 12.8 Å². The van der Waals surface area contributed by atoms with E-state index in [-0.39, 0.29) is 5.72 Å². The van der Waals surface area contributed by atoms with Gasteiger partial charge >= 0.3 is 0 Å². The first-order chi connectivity index (χ1) is 9.81. The van der Waals surface area contributed by atoms with Crippen LogP contribution in [0.4, 0.5) is 5.82 Å². The molecule has 1 aromatic rings. The van der Waals surface area contributed by atoms with E-state index in [0.29, 0.717) is 5.92 Å². The molecule has 1 saturated carbocycles. The predicted octanol–water partition coefficient (Wildman–Crippen LogP) is 0.498. The van der Waals surface area contributed by atoms with Crippen LogP contribution in [0.15, 0.2) is 30.2 Å². The topological polar surface area (TPSA) is 75.9 Å². The van der Waals surface area contributed by atoms with Crippen LogP contribution in [0.25, 0.3) is 0 Å². The number of nitrogens with zero attached hydrogens (tertiary/aromatic N) is 2. The number of nitrogens with two attached hydrogens (primary N) is 1. The van der Waals surface area contributed by atoms with Crippen molar-refractivity contribution in [1.82, 2.24) is 15.4 Å². The molecule has 1 heterocycles. The molecule has 21 heavy (non-hydrogen) atoms. The first kappa shape index (κ1) is 15.8. The van der Waals surface area contributed by atoms with Gasteiger partial charge in [-0.1, -0.05) is 26.2 Å². The molecular weight excluding hydrogens is 277 g/mol. The third-order valence-electron chi connectivity index (χ3n) is 3.41. The monoisotopic (exact) mass is 299 g/mol. The number of rotatable bonds is 6. The summed E-state index contributed by atoms with van der Waals surface area (Å²) in [4.78, 5) is 8.43. The van der Waals surface area contributed by atoms with Crippen LogP contribution in [0.2, 0.25) is 19.6 Å². The summed E-state index contributed by atoms with van der Waals surface area (Å²) in [7, 11) is 4.14. The van der Waals surface area contributed by atoms with Gasteiger partial charge in [-0.25, -0.2) is 4.98 Å². The summed E-state index contributed by atoms with van der Waals surface area (Å²) >= 11 is 0. The highest BCUT2D eigenvalue weighted by Gasteiger charge is 2.26. The molecule has 0 spiro atoms. The molecule has 1 aromatic heterocycles. The SMILES string of the molecule is [B]c1ncc([Si](C)(C)C)c(NC(=C)/C=C(\NN)C2CC2)n1. The lowest BCUT2D eigenvalue weighted by Crippen LogP contribution is -2.42. The quantitative estimate of drug-likeness (QED) is 0.309. The second-order valence-electron chi connectivity index (χ2n) is 6.41. The van der Waals surface area contributed by atoms with Crippen molar-refractivity contribution in [3.05, 3.63) is 30.2 Å². The average molecular weight is 299 g/mol. The van der Waals surface area contributed by atoms with Crippen LogP contribution in [0.3, 0.4) is 0 Å². The molecule has 0 saturated heterocycles. The zero-order valence-corrected chi connectivity index (χ0v) is 13.9. The average Bonchev–Trinajstić information content (AvgIpc) is 3.18. The molecule has 1 fully saturated rings. The Morgan fingerprint density at radius 2 is 2.14 bits per heavy atom. The van der Waals surface area contributed by atoms with Gasteiger partial charge in [0.25, 0.3) is 0 Å². The van der Waals surface area contributed by atoms with Crippen LogP contribution >= 0.6 is 0 Å². The summed E-state index contributed by atoms with van der Waals surface area (Å²) in [5, 5.41) is 4.37. The van der Waals surface area contributed by atoms with E-state index in [1.54, 1.807) is 0 Å². The molecule has 0 atom stereocenters. The summed E-state index contributed by atoms with van der Waals surface area (Å²) in [6.07, 6.45) is 6.09. The van der Waals surface area contributed by atoms with E-state index in [9.17, 15) is 0 Å². The number of anilines is 1. The van der Waals surface area contributed by atoms with Gasteiger partial charge in [0.1, 0.15) is 5.82 Å². The minimum absolute atomic E-state index is 0.260. The summed E-state index contributed by atoms with van der Waals surface area (Å²) in [6.45, 7) is 10.7. The maximum absolute atomic E-state index is 5.71. The van der Waals surface area contributed by atoms with Crippen molar-refractivity contribution in [2.45, 2.75) is 32.5 Å². The normalized spacial score (nSPS) is 15.7. The molecule has 5 nitrogen and oxygen atoms in total. The minimum Gasteiger partial charge on any atom is -0.341 e. The van der Waals surface area contributed by atoms with Crippen LogP contribution in [-0.4, -0.2) is 25.9 Å². The van der Waals surface area contributed by atoms with Crippen molar-refractivity contribution in [3.63, 3.8) is 0 Å². The molecule has 0 unspecified atom stereocenters. The van der Waals surface area contributed by atoms with Crippen molar-refractivity contribution < 1.29 is 0 Å². The number of hydrogen-bond donors (Lipinski definition) is 3. The van der Waals surface area contributed by atoms with Gasteiger partial charge in [0.2, 0.25) is 0 Å². The van der Waals surface area contributed by atoms with Crippen LogP contribution in [0.5, 0.6) is 0 Å². The zero-order chi connectivity index (χ0) is 15.6. The van der Waals surface area contributed by atoms with Crippen molar-refractivity contribution in [3.8, 4) is 0 Å². The second kappa shape index (κ2) is 6.03. The molecule has 2 rings (SSSR count). The molecule has 7 heteroatoms. The maximum atomic E-state index is 5.71.